The maximum absolute atomic E-state index is 12.5. The molecule has 1 N–H and O–H groups in total. The van der Waals surface area contributed by atoms with Crippen molar-refractivity contribution in [3.63, 3.8) is 0 Å². The summed E-state index contributed by atoms with van der Waals surface area (Å²) in [5.41, 5.74) is 4.19. The van der Waals surface area contributed by atoms with E-state index in [2.05, 4.69) is 38.1 Å². The van der Waals surface area contributed by atoms with Crippen molar-refractivity contribution in [1.29, 1.82) is 0 Å². The molecule has 0 radical (unpaired) electrons. The summed E-state index contributed by atoms with van der Waals surface area (Å²) in [5, 5.41) is 3.39. The van der Waals surface area contributed by atoms with Gasteiger partial charge in [-0.3, -0.25) is 4.79 Å². The lowest BCUT2D eigenvalue weighted by molar-refractivity contribution is -0.136. The van der Waals surface area contributed by atoms with Crippen molar-refractivity contribution in [2.75, 3.05) is 27.2 Å². The molecule has 2 saturated heterocycles. The van der Waals surface area contributed by atoms with E-state index in [1.165, 1.54) is 11.1 Å². The number of nitrogens with zero attached hydrogens (tertiary/aromatic N) is 4. The number of methoxy groups -OCH3 is 1. The zero-order valence-electron chi connectivity index (χ0n) is 17.6. The Bertz CT molecular complexity index is 1090. The van der Waals surface area contributed by atoms with Gasteiger partial charge < -0.3 is 19.5 Å². The van der Waals surface area contributed by atoms with E-state index in [-0.39, 0.29) is 17.9 Å². The first-order chi connectivity index (χ1) is 14.5. The first kappa shape index (κ1) is 19.1. The highest BCUT2D eigenvalue weighted by molar-refractivity contribution is 5.84. The highest BCUT2D eigenvalue weighted by Gasteiger charge is 2.44. The fraction of sp³-hybridized carbons (Fsp3) is 0.435. The van der Waals surface area contributed by atoms with E-state index in [4.69, 9.17) is 4.74 Å². The van der Waals surface area contributed by atoms with Crippen molar-refractivity contribution in [2.45, 2.75) is 31.8 Å². The fourth-order valence-corrected chi connectivity index (χ4v) is 4.99. The number of aromatic nitrogens is 3. The summed E-state index contributed by atoms with van der Waals surface area (Å²) in [4.78, 5) is 23.7. The lowest BCUT2D eigenvalue weighted by Gasteiger charge is -2.38. The molecule has 5 rings (SSSR count). The Morgan fingerprint density at radius 1 is 1.27 bits per heavy atom. The number of imidazole rings is 1. The van der Waals surface area contributed by atoms with Crippen LogP contribution in [-0.2, 0) is 11.3 Å². The molecular weight excluding hydrogens is 378 g/mol. The van der Waals surface area contributed by atoms with Gasteiger partial charge in [0, 0.05) is 32.3 Å². The van der Waals surface area contributed by atoms with Crippen molar-refractivity contribution in [1.82, 2.24) is 24.8 Å². The molecule has 3 unspecified atom stereocenters. The number of likely N-dealkylation sites (N-methyl/N-ethyl adjacent to an activating group) is 1. The normalized spacial score (nSPS) is 23.8. The number of benzene rings is 1. The molecule has 30 heavy (non-hydrogen) atoms. The highest BCUT2D eigenvalue weighted by atomic mass is 16.5. The zero-order valence-corrected chi connectivity index (χ0v) is 17.6. The quantitative estimate of drug-likeness (QED) is 0.721. The molecule has 1 amide bonds. The highest BCUT2D eigenvalue weighted by Crippen LogP contribution is 2.38. The van der Waals surface area contributed by atoms with Crippen LogP contribution in [0.15, 0.2) is 36.5 Å². The first-order valence-electron chi connectivity index (χ1n) is 10.5. The molecule has 2 fully saturated rings. The van der Waals surface area contributed by atoms with Gasteiger partial charge in [-0.2, -0.15) is 0 Å². The smallest absolute Gasteiger partial charge is 0.239 e. The van der Waals surface area contributed by atoms with Crippen LogP contribution in [0.5, 0.6) is 5.75 Å². The summed E-state index contributed by atoms with van der Waals surface area (Å²) in [6, 6.07) is 10.3. The van der Waals surface area contributed by atoms with Gasteiger partial charge in [-0.15, -0.1) is 0 Å². The van der Waals surface area contributed by atoms with Crippen LogP contribution in [0.25, 0.3) is 11.2 Å². The molecule has 1 aromatic carbocycles. The van der Waals surface area contributed by atoms with E-state index < -0.39 is 0 Å². The number of likely N-dealkylation sites (tertiary alicyclic amines) is 1. The van der Waals surface area contributed by atoms with Crippen molar-refractivity contribution in [3.8, 4) is 5.75 Å². The third-order valence-electron chi connectivity index (χ3n) is 6.65. The van der Waals surface area contributed by atoms with E-state index in [0.29, 0.717) is 5.92 Å². The fourth-order valence-electron chi connectivity index (χ4n) is 4.99. The Labute approximate surface area is 176 Å². The molecule has 2 aromatic heterocycles. The largest absolute Gasteiger partial charge is 0.497 e. The van der Waals surface area contributed by atoms with Crippen LogP contribution in [0.3, 0.4) is 0 Å². The lowest BCUT2D eigenvalue weighted by Crippen LogP contribution is -2.52. The van der Waals surface area contributed by atoms with Crippen LogP contribution in [0.2, 0.25) is 0 Å². The number of hydrogen-bond donors (Lipinski definition) is 1. The Kier molecular flexibility index (Phi) is 4.70. The average Bonchev–Trinajstić information content (AvgIpc) is 3.36. The average molecular weight is 406 g/mol. The van der Waals surface area contributed by atoms with Crippen LogP contribution in [0.1, 0.15) is 29.3 Å². The molecule has 2 aliphatic heterocycles. The molecule has 7 heteroatoms. The van der Waals surface area contributed by atoms with E-state index in [1.807, 2.05) is 37.2 Å². The minimum absolute atomic E-state index is 0.0737. The summed E-state index contributed by atoms with van der Waals surface area (Å²) < 4.78 is 7.49. The maximum Gasteiger partial charge on any atom is 0.239 e. The van der Waals surface area contributed by atoms with Crippen molar-refractivity contribution in [2.24, 2.45) is 5.92 Å². The molecule has 156 valence electrons. The number of pyridine rings is 1. The molecule has 7 nitrogen and oxygen atoms in total. The topological polar surface area (TPSA) is 72.3 Å². The lowest BCUT2D eigenvalue weighted by atomic mass is 9.78. The minimum atomic E-state index is -0.0737. The molecule has 4 heterocycles. The number of carbonyl (C=O) groups excluding carboxylic acids is 1. The van der Waals surface area contributed by atoms with Gasteiger partial charge in [0.2, 0.25) is 5.91 Å². The van der Waals surface area contributed by atoms with Crippen molar-refractivity contribution in [3.05, 3.63) is 53.5 Å². The van der Waals surface area contributed by atoms with Gasteiger partial charge in [0.1, 0.15) is 11.6 Å². The van der Waals surface area contributed by atoms with Crippen LogP contribution in [0.4, 0.5) is 0 Å². The summed E-state index contributed by atoms with van der Waals surface area (Å²) in [6.07, 6.45) is 2.98. The third-order valence-corrected chi connectivity index (χ3v) is 6.65. The number of amides is 1. The van der Waals surface area contributed by atoms with Gasteiger partial charge in [0.05, 0.1) is 18.7 Å². The number of hydrogen-bond acceptors (Lipinski definition) is 5. The molecule has 0 saturated carbocycles. The number of piperidine rings is 1. The van der Waals surface area contributed by atoms with Gasteiger partial charge in [-0.1, -0.05) is 12.1 Å². The molecule has 0 bridgehead atoms. The number of ether oxygens (including phenoxy) is 1. The van der Waals surface area contributed by atoms with Crippen molar-refractivity contribution >= 4 is 17.1 Å². The number of carbonyl (C=O) groups is 1. The Balaban J connectivity index is 1.50. The van der Waals surface area contributed by atoms with E-state index in [1.54, 1.807) is 7.11 Å². The molecule has 2 aliphatic rings. The molecule has 0 spiro atoms. The number of fused-ring (bicyclic) bond motifs is 2. The van der Waals surface area contributed by atoms with E-state index in [0.717, 1.165) is 48.8 Å². The van der Waals surface area contributed by atoms with Gasteiger partial charge in [-0.05, 0) is 55.1 Å². The van der Waals surface area contributed by atoms with Gasteiger partial charge in [-0.25, -0.2) is 9.97 Å². The number of aryl methyl sites for hydroxylation is 1. The Hall–Kier alpha value is -2.93. The van der Waals surface area contributed by atoms with Gasteiger partial charge in [0.15, 0.2) is 5.65 Å². The second-order valence-electron chi connectivity index (χ2n) is 8.41. The monoisotopic (exact) mass is 405 g/mol. The van der Waals surface area contributed by atoms with Crippen LogP contribution < -0.4 is 10.1 Å². The van der Waals surface area contributed by atoms with Gasteiger partial charge >= 0.3 is 0 Å². The minimum Gasteiger partial charge on any atom is -0.497 e. The Morgan fingerprint density at radius 2 is 2.07 bits per heavy atom. The molecule has 3 atom stereocenters. The summed E-state index contributed by atoms with van der Waals surface area (Å²) in [6.45, 7) is 4.39. The predicted octanol–water partition coefficient (Wildman–Crippen LogP) is 2.33. The van der Waals surface area contributed by atoms with E-state index >= 15 is 0 Å². The van der Waals surface area contributed by atoms with Crippen LogP contribution in [-0.4, -0.2) is 58.6 Å². The third kappa shape index (κ3) is 3.13. The van der Waals surface area contributed by atoms with Crippen molar-refractivity contribution < 1.29 is 9.53 Å². The summed E-state index contributed by atoms with van der Waals surface area (Å²) >= 11 is 0. The Morgan fingerprint density at radius 3 is 2.83 bits per heavy atom. The van der Waals surface area contributed by atoms with Crippen LogP contribution in [0, 0.1) is 12.8 Å². The zero-order chi connectivity index (χ0) is 20.8. The molecule has 0 aliphatic carbocycles. The molecule has 3 aromatic rings. The number of rotatable bonds is 4. The number of nitrogens with one attached hydrogen (secondary N) is 1. The van der Waals surface area contributed by atoms with Gasteiger partial charge in [0.25, 0.3) is 0 Å². The summed E-state index contributed by atoms with van der Waals surface area (Å²) in [7, 11) is 3.58. The second-order valence-corrected chi connectivity index (χ2v) is 8.41. The summed E-state index contributed by atoms with van der Waals surface area (Å²) in [5.74, 6) is 2.62. The molecular formula is C23H27N5O2. The first-order valence-corrected chi connectivity index (χ1v) is 10.5. The second kappa shape index (κ2) is 7.40. The predicted molar refractivity (Wildman–Crippen MR) is 115 cm³/mol. The van der Waals surface area contributed by atoms with E-state index in [9.17, 15) is 4.79 Å². The standard InChI is InChI=1S/C23H27N5O2/c1-14-26-22-20(28(14)12-15-4-6-17(30-3)7-5-15)10-16(11-25-22)19-13-27(2)23(29)21-18(19)8-9-24-21/h4-7,10-11,18-19,21,24H,8-9,12-13H2,1-3H3. The van der Waals surface area contributed by atoms with Crippen LogP contribution >= 0.6 is 0 Å². The SMILES string of the molecule is COc1ccc(Cn2c(C)nc3ncc(C4CN(C)C(=O)C5NCCC54)cc32)cc1. The maximum atomic E-state index is 12.5.